The van der Waals surface area contributed by atoms with E-state index in [9.17, 15) is 0 Å². The van der Waals surface area contributed by atoms with Gasteiger partial charge in [0.25, 0.3) is 0 Å². The van der Waals surface area contributed by atoms with Gasteiger partial charge in [0.1, 0.15) is 22.3 Å². The van der Waals surface area contributed by atoms with E-state index in [1.807, 2.05) is 18.2 Å². The lowest BCUT2D eigenvalue weighted by atomic mass is 9.99. The lowest BCUT2D eigenvalue weighted by Gasteiger charge is -2.25. The van der Waals surface area contributed by atoms with E-state index >= 15 is 0 Å². The van der Waals surface area contributed by atoms with Crippen LogP contribution in [0.2, 0.25) is 0 Å². The molecular formula is C48H31NO2. The number of para-hydroxylation sites is 1. The minimum atomic E-state index is 0.832. The molecule has 51 heavy (non-hydrogen) atoms. The second-order valence-electron chi connectivity index (χ2n) is 12.9. The summed E-state index contributed by atoms with van der Waals surface area (Å²) in [6.45, 7) is 0. The van der Waals surface area contributed by atoms with Crippen LogP contribution in [0.25, 0.3) is 77.3 Å². The van der Waals surface area contributed by atoms with Crippen molar-refractivity contribution in [3.05, 3.63) is 188 Å². The SMILES string of the molecule is c1ccc(-c2ccc(-c3ccc(N(c4ccccc4)c4ccc5c(c4)oc4cc6c(cc45)oc4cccc(-c5ccccc5)c46)cc3)cc2)cc1. The lowest BCUT2D eigenvalue weighted by molar-refractivity contribution is 0.664. The van der Waals surface area contributed by atoms with Gasteiger partial charge in [0.15, 0.2) is 0 Å². The van der Waals surface area contributed by atoms with E-state index in [0.29, 0.717) is 0 Å². The van der Waals surface area contributed by atoms with Crippen molar-refractivity contribution >= 4 is 60.9 Å². The van der Waals surface area contributed by atoms with E-state index in [2.05, 4.69) is 175 Å². The molecule has 0 spiro atoms. The maximum atomic E-state index is 6.64. The molecule has 10 aromatic rings. The van der Waals surface area contributed by atoms with Crippen LogP contribution in [0.15, 0.2) is 197 Å². The van der Waals surface area contributed by atoms with Crippen LogP contribution in [-0.4, -0.2) is 0 Å². The summed E-state index contributed by atoms with van der Waals surface area (Å²) in [6, 6.07) is 66.1. The van der Waals surface area contributed by atoms with Crippen molar-refractivity contribution in [3.63, 3.8) is 0 Å². The average molecular weight is 654 g/mol. The third-order valence-electron chi connectivity index (χ3n) is 9.88. The van der Waals surface area contributed by atoms with E-state index in [4.69, 9.17) is 8.83 Å². The van der Waals surface area contributed by atoms with E-state index in [1.165, 1.54) is 22.3 Å². The first-order valence-electron chi connectivity index (χ1n) is 17.2. The van der Waals surface area contributed by atoms with Gasteiger partial charge in [-0.1, -0.05) is 127 Å². The zero-order valence-corrected chi connectivity index (χ0v) is 27.7. The fraction of sp³-hybridized carbons (Fsp3) is 0. The second kappa shape index (κ2) is 11.9. The number of rotatable bonds is 6. The highest BCUT2D eigenvalue weighted by molar-refractivity contribution is 6.18. The number of hydrogen-bond acceptors (Lipinski definition) is 3. The first kappa shape index (κ1) is 29.1. The van der Waals surface area contributed by atoms with Gasteiger partial charge in [-0.2, -0.15) is 0 Å². The molecule has 0 amide bonds. The summed E-state index contributed by atoms with van der Waals surface area (Å²) in [6.07, 6.45) is 0. The number of furan rings is 2. The molecule has 0 aliphatic heterocycles. The molecule has 0 saturated heterocycles. The lowest BCUT2D eigenvalue weighted by Crippen LogP contribution is -2.09. The summed E-state index contributed by atoms with van der Waals surface area (Å²) in [5, 5.41) is 4.25. The Hall–Kier alpha value is -6.84. The molecule has 2 heterocycles. The van der Waals surface area contributed by atoms with E-state index in [0.717, 1.165) is 72.1 Å². The van der Waals surface area contributed by atoms with Crippen LogP contribution in [0.3, 0.4) is 0 Å². The Balaban J connectivity index is 1.04. The quantitative estimate of drug-likeness (QED) is 0.179. The molecule has 0 N–H and O–H groups in total. The largest absolute Gasteiger partial charge is 0.456 e. The van der Waals surface area contributed by atoms with Gasteiger partial charge in [0.2, 0.25) is 0 Å². The normalized spacial score (nSPS) is 11.5. The molecule has 0 fully saturated rings. The Labute approximate surface area is 295 Å². The molecule has 2 aromatic heterocycles. The first-order chi connectivity index (χ1) is 25.3. The van der Waals surface area contributed by atoms with Crippen LogP contribution >= 0.6 is 0 Å². The van der Waals surface area contributed by atoms with Gasteiger partial charge in [-0.3, -0.25) is 0 Å². The fourth-order valence-electron chi connectivity index (χ4n) is 7.39. The van der Waals surface area contributed by atoms with Gasteiger partial charge >= 0.3 is 0 Å². The number of hydrogen-bond donors (Lipinski definition) is 0. The van der Waals surface area contributed by atoms with Crippen LogP contribution in [-0.2, 0) is 0 Å². The van der Waals surface area contributed by atoms with Gasteiger partial charge in [0.05, 0.1) is 0 Å². The summed E-state index contributed by atoms with van der Waals surface area (Å²) in [4.78, 5) is 2.28. The molecule has 0 atom stereocenters. The highest BCUT2D eigenvalue weighted by atomic mass is 16.3. The monoisotopic (exact) mass is 653 g/mol. The van der Waals surface area contributed by atoms with Crippen LogP contribution in [0.4, 0.5) is 17.1 Å². The predicted molar refractivity (Wildman–Crippen MR) is 212 cm³/mol. The smallest absolute Gasteiger partial charge is 0.137 e. The summed E-state index contributed by atoms with van der Waals surface area (Å²) in [5.74, 6) is 0. The molecule has 0 unspecified atom stereocenters. The van der Waals surface area contributed by atoms with Crippen molar-refractivity contribution in [1.82, 2.24) is 0 Å². The minimum absolute atomic E-state index is 0.832. The standard InChI is InChI=1S/C48H31NO2/c1-4-11-32(12-5-1)33-19-21-34(22-20-33)35-23-25-38(26-24-35)49(37-15-8-3-9-16-37)39-27-28-41-42-30-47-43(31-46(42)51-45(41)29-39)48-40(17-10-18-44(48)50-47)36-13-6-2-7-14-36/h1-31H. The number of nitrogens with zero attached hydrogens (tertiary/aromatic N) is 1. The van der Waals surface area contributed by atoms with Crippen molar-refractivity contribution in [2.24, 2.45) is 0 Å². The first-order valence-corrected chi connectivity index (χ1v) is 17.2. The Morgan fingerprint density at radius 2 is 0.784 bits per heavy atom. The summed E-state index contributed by atoms with van der Waals surface area (Å²) < 4.78 is 13.1. The summed E-state index contributed by atoms with van der Waals surface area (Å²) in [5.41, 5.74) is 13.7. The molecule has 0 saturated carbocycles. The Kier molecular flexibility index (Phi) is 6.81. The van der Waals surface area contributed by atoms with Crippen LogP contribution in [0.1, 0.15) is 0 Å². The molecule has 240 valence electrons. The second-order valence-corrected chi connectivity index (χ2v) is 12.9. The van der Waals surface area contributed by atoms with Gasteiger partial charge in [-0.05, 0) is 88.0 Å². The van der Waals surface area contributed by atoms with Crippen molar-refractivity contribution in [3.8, 4) is 33.4 Å². The number of fused-ring (bicyclic) bond motifs is 6. The zero-order valence-electron chi connectivity index (χ0n) is 27.7. The van der Waals surface area contributed by atoms with Gasteiger partial charge in [0, 0.05) is 44.7 Å². The highest BCUT2D eigenvalue weighted by Gasteiger charge is 2.19. The Morgan fingerprint density at radius 3 is 1.47 bits per heavy atom. The topological polar surface area (TPSA) is 29.5 Å². The van der Waals surface area contributed by atoms with Crippen LogP contribution in [0, 0.1) is 0 Å². The van der Waals surface area contributed by atoms with Crippen molar-refractivity contribution < 1.29 is 8.83 Å². The van der Waals surface area contributed by atoms with E-state index in [1.54, 1.807) is 0 Å². The molecule has 0 aliphatic rings. The van der Waals surface area contributed by atoms with Crippen molar-refractivity contribution in [2.45, 2.75) is 0 Å². The number of benzene rings is 8. The summed E-state index contributed by atoms with van der Waals surface area (Å²) in [7, 11) is 0. The molecule has 10 rings (SSSR count). The zero-order chi connectivity index (χ0) is 33.7. The Morgan fingerprint density at radius 1 is 0.294 bits per heavy atom. The fourth-order valence-corrected chi connectivity index (χ4v) is 7.39. The maximum Gasteiger partial charge on any atom is 0.137 e. The predicted octanol–water partition coefficient (Wildman–Crippen LogP) is 14.0. The summed E-state index contributed by atoms with van der Waals surface area (Å²) >= 11 is 0. The third-order valence-corrected chi connectivity index (χ3v) is 9.88. The van der Waals surface area contributed by atoms with Gasteiger partial charge in [-0.15, -0.1) is 0 Å². The molecule has 0 aliphatic carbocycles. The molecule has 3 heteroatoms. The maximum absolute atomic E-state index is 6.64. The van der Waals surface area contributed by atoms with Crippen molar-refractivity contribution in [1.29, 1.82) is 0 Å². The van der Waals surface area contributed by atoms with Crippen LogP contribution in [0.5, 0.6) is 0 Å². The average Bonchev–Trinajstić information content (AvgIpc) is 3.75. The van der Waals surface area contributed by atoms with Gasteiger partial charge in [-0.25, -0.2) is 0 Å². The van der Waals surface area contributed by atoms with E-state index in [-0.39, 0.29) is 0 Å². The highest BCUT2D eigenvalue weighted by Crippen LogP contribution is 2.43. The number of anilines is 3. The van der Waals surface area contributed by atoms with Crippen LogP contribution < -0.4 is 4.90 Å². The molecule has 3 nitrogen and oxygen atoms in total. The minimum Gasteiger partial charge on any atom is -0.456 e. The Bertz CT molecular complexity index is 2820. The van der Waals surface area contributed by atoms with E-state index < -0.39 is 0 Å². The molecule has 8 aromatic carbocycles. The third kappa shape index (κ3) is 5.06. The molecule has 0 radical (unpaired) electrons. The van der Waals surface area contributed by atoms with Gasteiger partial charge < -0.3 is 13.7 Å². The molecular weight excluding hydrogens is 623 g/mol. The molecule has 0 bridgehead atoms. The van der Waals surface area contributed by atoms with Crippen molar-refractivity contribution in [2.75, 3.05) is 4.90 Å².